The molecular weight excluding hydrogens is 615 g/mol. The van der Waals surface area contributed by atoms with Crippen LogP contribution in [0.25, 0.3) is 0 Å². The molecule has 0 bridgehead atoms. The maximum Gasteiger partial charge on any atom is 0.261 e. The minimum absolute atomic E-state index is 0.00934. The summed E-state index contributed by atoms with van der Waals surface area (Å²) >= 11 is 0. The standard InChI is InChI=1S/C44H59N3OSi/c1-37-23-25-39(26-24-37)45-42-22-14-15-31-47(42)34-29-44(27-32-46(33-28-44)36-38-16-8-5-9-17-38)30-35-48-49(43(2,3)4,40-18-10-6-11-19-40)41-20-12-7-13-21-41/h5-13,16-21,23-26,42,45H,14-15,22,27-36H2,1-4H3. The Balaban J connectivity index is 1.21. The first kappa shape index (κ1) is 35.6. The number of anilines is 1. The zero-order valence-electron chi connectivity index (χ0n) is 30.5. The number of hydrogen-bond donors (Lipinski definition) is 1. The van der Waals surface area contributed by atoms with Crippen molar-refractivity contribution in [2.24, 2.45) is 5.41 Å². The first-order valence-electron chi connectivity index (χ1n) is 18.9. The Bertz CT molecular complexity index is 1510. The van der Waals surface area contributed by atoms with Crippen molar-refractivity contribution in [1.29, 1.82) is 0 Å². The zero-order valence-corrected chi connectivity index (χ0v) is 31.5. The summed E-state index contributed by atoms with van der Waals surface area (Å²) < 4.78 is 7.52. The van der Waals surface area contributed by atoms with Gasteiger partial charge in [0.1, 0.15) is 0 Å². The third-order valence-corrected chi connectivity index (χ3v) is 16.5. The van der Waals surface area contributed by atoms with Crippen LogP contribution in [0, 0.1) is 12.3 Å². The van der Waals surface area contributed by atoms with Gasteiger partial charge in [0, 0.05) is 31.9 Å². The summed E-state index contributed by atoms with van der Waals surface area (Å²) in [5.74, 6) is 0. The number of likely N-dealkylation sites (tertiary alicyclic amines) is 2. The third-order valence-electron chi connectivity index (χ3n) is 11.5. The van der Waals surface area contributed by atoms with E-state index in [0.29, 0.717) is 6.17 Å². The van der Waals surface area contributed by atoms with E-state index in [9.17, 15) is 0 Å². The number of nitrogens with zero attached hydrogens (tertiary/aromatic N) is 2. The molecule has 1 atom stereocenters. The van der Waals surface area contributed by atoms with Gasteiger partial charge in [-0.3, -0.25) is 9.80 Å². The Morgan fingerprint density at radius 2 is 1.33 bits per heavy atom. The number of piperidine rings is 2. The summed E-state index contributed by atoms with van der Waals surface area (Å²) in [7, 11) is -2.58. The Labute approximate surface area is 298 Å². The zero-order chi connectivity index (χ0) is 34.2. The fourth-order valence-electron chi connectivity index (χ4n) is 8.48. The summed E-state index contributed by atoms with van der Waals surface area (Å²) in [5, 5.41) is 6.65. The maximum absolute atomic E-state index is 7.52. The van der Waals surface area contributed by atoms with Crippen LogP contribution >= 0.6 is 0 Å². The quantitative estimate of drug-likeness (QED) is 0.144. The topological polar surface area (TPSA) is 27.7 Å². The minimum atomic E-state index is -2.58. The van der Waals surface area contributed by atoms with Gasteiger partial charge >= 0.3 is 0 Å². The molecule has 4 nitrogen and oxygen atoms in total. The van der Waals surface area contributed by atoms with Crippen LogP contribution in [0.3, 0.4) is 0 Å². The summed E-state index contributed by atoms with van der Waals surface area (Å²) in [6, 6.07) is 42.3. The van der Waals surface area contributed by atoms with Crippen molar-refractivity contribution in [3.63, 3.8) is 0 Å². The van der Waals surface area contributed by atoms with E-state index in [1.807, 2.05) is 0 Å². The highest BCUT2D eigenvalue weighted by atomic mass is 28.4. The SMILES string of the molecule is Cc1ccc(NC2CCCCN2CCC2(CCO[Si](c3ccccc3)(c3ccccc3)C(C)(C)C)CCN(Cc3ccccc3)CC2)cc1. The molecule has 49 heavy (non-hydrogen) atoms. The Kier molecular flexibility index (Phi) is 11.8. The van der Waals surface area contributed by atoms with Crippen molar-refractivity contribution in [2.45, 2.75) is 90.4 Å². The molecule has 2 fully saturated rings. The maximum atomic E-state index is 7.52. The molecule has 4 aromatic rings. The van der Waals surface area contributed by atoms with E-state index in [0.717, 1.165) is 39.2 Å². The second-order valence-corrected chi connectivity index (χ2v) is 20.1. The van der Waals surface area contributed by atoms with Gasteiger partial charge in [-0.1, -0.05) is 129 Å². The molecule has 6 rings (SSSR count). The smallest absolute Gasteiger partial charge is 0.261 e. The van der Waals surface area contributed by atoms with Crippen molar-refractivity contribution >= 4 is 24.4 Å². The summed E-state index contributed by atoms with van der Waals surface area (Å²) in [6.07, 6.45) is 9.00. The van der Waals surface area contributed by atoms with Crippen molar-refractivity contribution in [2.75, 3.05) is 38.1 Å². The lowest BCUT2D eigenvalue weighted by Gasteiger charge is -2.46. The molecule has 0 aromatic heterocycles. The number of nitrogens with one attached hydrogen (secondary N) is 1. The lowest BCUT2D eigenvalue weighted by Crippen LogP contribution is -2.66. The Morgan fingerprint density at radius 3 is 1.92 bits per heavy atom. The molecule has 0 amide bonds. The van der Waals surface area contributed by atoms with E-state index in [4.69, 9.17) is 4.43 Å². The van der Waals surface area contributed by atoms with E-state index in [1.54, 1.807) is 0 Å². The number of benzene rings is 4. The van der Waals surface area contributed by atoms with Crippen LogP contribution in [0.15, 0.2) is 115 Å². The van der Waals surface area contributed by atoms with E-state index >= 15 is 0 Å². The fraction of sp³-hybridized carbons (Fsp3) is 0.455. The average Bonchev–Trinajstić information content (AvgIpc) is 3.12. The Hall–Kier alpha value is -3.22. The number of rotatable bonds is 13. The predicted molar refractivity (Wildman–Crippen MR) is 210 cm³/mol. The first-order valence-corrected chi connectivity index (χ1v) is 20.8. The van der Waals surface area contributed by atoms with E-state index in [1.165, 1.54) is 72.3 Å². The van der Waals surface area contributed by atoms with Crippen LogP contribution in [0.1, 0.15) is 76.8 Å². The van der Waals surface area contributed by atoms with Gasteiger partial charge in [-0.15, -0.1) is 0 Å². The van der Waals surface area contributed by atoms with Crippen LogP contribution in [-0.2, 0) is 11.0 Å². The number of hydrogen-bond acceptors (Lipinski definition) is 4. The molecule has 1 N–H and O–H groups in total. The molecule has 2 heterocycles. The van der Waals surface area contributed by atoms with Crippen molar-refractivity contribution in [1.82, 2.24) is 9.80 Å². The van der Waals surface area contributed by atoms with Gasteiger partial charge in [-0.2, -0.15) is 0 Å². The van der Waals surface area contributed by atoms with Gasteiger partial charge in [0.2, 0.25) is 0 Å². The van der Waals surface area contributed by atoms with E-state index in [2.05, 4.69) is 158 Å². The first-order chi connectivity index (χ1) is 23.8. The van der Waals surface area contributed by atoms with Gasteiger partial charge in [-0.25, -0.2) is 0 Å². The molecule has 0 saturated carbocycles. The van der Waals surface area contributed by atoms with Gasteiger partial charge in [0.25, 0.3) is 8.32 Å². The highest BCUT2D eigenvalue weighted by Crippen LogP contribution is 2.42. The number of aryl methyl sites for hydroxylation is 1. The van der Waals surface area contributed by atoms with E-state index < -0.39 is 8.32 Å². The van der Waals surface area contributed by atoms with Crippen LogP contribution in [-0.4, -0.2) is 57.1 Å². The molecule has 1 unspecified atom stereocenters. The molecule has 2 aliphatic heterocycles. The lowest BCUT2D eigenvalue weighted by molar-refractivity contribution is 0.0482. The summed E-state index contributed by atoms with van der Waals surface area (Å²) in [4.78, 5) is 5.43. The summed E-state index contributed by atoms with van der Waals surface area (Å²) in [5.41, 5.74) is 4.24. The van der Waals surface area contributed by atoms with Gasteiger partial charge in [-0.05, 0) is 103 Å². The predicted octanol–water partition coefficient (Wildman–Crippen LogP) is 8.86. The van der Waals surface area contributed by atoms with Gasteiger partial charge in [0.15, 0.2) is 0 Å². The van der Waals surface area contributed by atoms with Crippen molar-refractivity contribution < 1.29 is 4.43 Å². The van der Waals surface area contributed by atoms with Gasteiger partial charge in [0.05, 0.1) is 6.17 Å². The third kappa shape index (κ3) is 8.75. The molecule has 0 aliphatic carbocycles. The molecule has 5 heteroatoms. The lowest BCUT2D eigenvalue weighted by atomic mass is 9.73. The summed E-state index contributed by atoms with van der Waals surface area (Å²) in [6.45, 7) is 15.8. The second kappa shape index (κ2) is 16.2. The van der Waals surface area contributed by atoms with Crippen LogP contribution < -0.4 is 15.7 Å². The normalized spacial score (nSPS) is 19.1. The highest BCUT2D eigenvalue weighted by molar-refractivity contribution is 6.99. The molecule has 2 aliphatic rings. The largest absolute Gasteiger partial charge is 0.407 e. The van der Waals surface area contributed by atoms with Crippen molar-refractivity contribution in [3.8, 4) is 0 Å². The second-order valence-electron chi connectivity index (χ2n) is 15.8. The molecular formula is C44H59N3OSi. The fourth-order valence-corrected chi connectivity index (χ4v) is 13.0. The molecule has 260 valence electrons. The van der Waals surface area contributed by atoms with Crippen LogP contribution in [0.4, 0.5) is 5.69 Å². The van der Waals surface area contributed by atoms with Crippen LogP contribution in [0.2, 0.25) is 5.04 Å². The van der Waals surface area contributed by atoms with E-state index in [-0.39, 0.29) is 10.5 Å². The monoisotopic (exact) mass is 673 g/mol. The minimum Gasteiger partial charge on any atom is -0.407 e. The molecule has 0 radical (unpaired) electrons. The highest BCUT2D eigenvalue weighted by Gasteiger charge is 2.50. The molecule has 2 saturated heterocycles. The average molecular weight is 674 g/mol. The van der Waals surface area contributed by atoms with Gasteiger partial charge < -0.3 is 9.74 Å². The van der Waals surface area contributed by atoms with Crippen LogP contribution in [0.5, 0.6) is 0 Å². The van der Waals surface area contributed by atoms with Crippen molar-refractivity contribution in [3.05, 3.63) is 126 Å². The molecule has 0 spiro atoms. The Morgan fingerprint density at radius 1 is 0.735 bits per heavy atom. The molecule has 4 aromatic carbocycles.